The second kappa shape index (κ2) is 13.3. The Labute approximate surface area is 235 Å². The molecule has 10 heteroatoms. The zero-order valence-electron chi connectivity index (χ0n) is 21.7. The van der Waals surface area contributed by atoms with Crippen LogP contribution in [0.5, 0.6) is 11.5 Å². The minimum Gasteiger partial charge on any atom is -0.495 e. The van der Waals surface area contributed by atoms with Gasteiger partial charge in [0.15, 0.2) is 5.78 Å². The van der Waals surface area contributed by atoms with Crippen LogP contribution in [0.1, 0.15) is 28.8 Å². The quantitative estimate of drug-likeness (QED) is 0.298. The maximum atomic E-state index is 13.2. The van der Waals surface area contributed by atoms with Crippen molar-refractivity contribution in [3.63, 3.8) is 0 Å². The summed E-state index contributed by atoms with van der Waals surface area (Å²) in [6.45, 7) is 1.03. The molecule has 0 radical (unpaired) electrons. The summed E-state index contributed by atoms with van der Waals surface area (Å²) in [6.07, 6.45) is 1.89. The standard InChI is InChI=1S/C29H30BrN3O6/c1-37-27-17-19(9-14-24(27)32-29(36)31-23-7-4-3-6-22(23)30)16-26(34)25-8-5-15-33(25)18-39-21-12-10-20(11-13-21)28(35)38-2/h3-4,6-7,9-14,17,25H,5,8,15-16,18H2,1-2H3,(H2,31,32,36)/t25-/m0/s1. The molecule has 9 nitrogen and oxygen atoms in total. The summed E-state index contributed by atoms with van der Waals surface area (Å²) in [7, 11) is 2.86. The highest BCUT2D eigenvalue weighted by Crippen LogP contribution is 2.28. The molecule has 3 aromatic carbocycles. The van der Waals surface area contributed by atoms with Crippen molar-refractivity contribution in [1.29, 1.82) is 0 Å². The van der Waals surface area contributed by atoms with Crippen LogP contribution in [0.3, 0.4) is 0 Å². The van der Waals surface area contributed by atoms with Crippen LogP contribution in [0.4, 0.5) is 16.2 Å². The van der Waals surface area contributed by atoms with Crippen LogP contribution in [0.15, 0.2) is 71.2 Å². The van der Waals surface area contributed by atoms with Gasteiger partial charge in [0.2, 0.25) is 0 Å². The van der Waals surface area contributed by atoms with Gasteiger partial charge in [0.05, 0.1) is 37.2 Å². The van der Waals surface area contributed by atoms with Gasteiger partial charge in [0.1, 0.15) is 18.2 Å². The summed E-state index contributed by atoms with van der Waals surface area (Å²) in [5, 5.41) is 5.58. The normalized spacial score (nSPS) is 14.9. The van der Waals surface area contributed by atoms with E-state index in [0.717, 1.165) is 29.4 Å². The molecule has 1 aliphatic heterocycles. The Hall–Kier alpha value is -3.89. The van der Waals surface area contributed by atoms with Crippen LogP contribution >= 0.6 is 15.9 Å². The Balaban J connectivity index is 1.34. The highest BCUT2D eigenvalue weighted by molar-refractivity contribution is 9.10. The lowest BCUT2D eigenvalue weighted by molar-refractivity contribution is -0.123. The number of para-hydroxylation sites is 1. The molecule has 3 aromatic rings. The van der Waals surface area contributed by atoms with Crippen molar-refractivity contribution in [2.24, 2.45) is 0 Å². The molecule has 1 heterocycles. The minimum atomic E-state index is -0.412. The lowest BCUT2D eigenvalue weighted by Gasteiger charge is -2.23. The van der Waals surface area contributed by atoms with Crippen molar-refractivity contribution in [1.82, 2.24) is 4.90 Å². The second-order valence-electron chi connectivity index (χ2n) is 9.00. The van der Waals surface area contributed by atoms with Gasteiger partial charge in [0.25, 0.3) is 0 Å². The molecule has 39 heavy (non-hydrogen) atoms. The molecule has 0 spiro atoms. The number of benzene rings is 3. The number of carbonyl (C=O) groups excluding carboxylic acids is 3. The van der Waals surface area contributed by atoms with Crippen molar-refractivity contribution in [2.75, 3.05) is 38.1 Å². The van der Waals surface area contributed by atoms with E-state index in [1.807, 2.05) is 29.2 Å². The van der Waals surface area contributed by atoms with Gasteiger partial charge >= 0.3 is 12.0 Å². The molecule has 4 rings (SSSR count). The Morgan fingerprint density at radius 1 is 0.974 bits per heavy atom. The van der Waals surface area contributed by atoms with Crippen molar-refractivity contribution >= 4 is 45.1 Å². The first-order chi connectivity index (χ1) is 18.9. The Kier molecular flexibility index (Phi) is 9.56. The third-order valence-electron chi connectivity index (χ3n) is 6.42. The van der Waals surface area contributed by atoms with Gasteiger partial charge in [-0.05, 0) is 82.9 Å². The van der Waals surface area contributed by atoms with Crippen molar-refractivity contribution in [2.45, 2.75) is 25.3 Å². The molecule has 1 aliphatic rings. The summed E-state index contributed by atoms with van der Waals surface area (Å²) in [5.74, 6) is 0.754. The topological polar surface area (TPSA) is 106 Å². The fraction of sp³-hybridized carbons (Fsp3) is 0.276. The first kappa shape index (κ1) is 28.1. The van der Waals surface area contributed by atoms with Crippen LogP contribution in [-0.4, -0.2) is 56.2 Å². The molecular formula is C29H30BrN3O6. The van der Waals surface area contributed by atoms with Gasteiger partial charge in [-0.2, -0.15) is 0 Å². The van der Waals surface area contributed by atoms with E-state index in [1.54, 1.807) is 42.5 Å². The third kappa shape index (κ3) is 7.36. The first-order valence-electron chi connectivity index (χ1n) is 12.5. The summed E-state index contributed by atoms with van der Waals surface area (Å²) in [4.78, 5) is 39.4. The number of nitrogens with one attached hydrogen (secondary N) is 2. The first-order valence-corrected chi connectivity index (χ1v) is 13.2. The van der Waals surface area contributed by atoms with E-state index in [-0.39, 0.29) is 25.0 Å². The number of hydrogen-bond acceptors (Lipinski definition) is 7. The molecule has 0 aromatic heterocycles. The average Bonchev–Trinajstić information content (AvgIpc) is 3.43. The van der Waals surface area contributed by atoms with Crippen LogP contribution in [-0.2, 0) is 16.0 Å². The molecule has 0 unspecified atom stereocenters. The largest absolute Gasteiger partial charge is 0.495 e. The number of halogens is 1. The predicted octanol–water partition coefficient (Wildman–Crippen LogP) is 5.50. The van der Waals surface area contributed by atoms with Crippen LogP contribution in [0.2, 0.25) is 0 Å². The van der Waals surface area contributed by atoms with Gasteiger partial charge in [-0.1, -0.05) is 18.2 Å². The Morgan fingerprint density at radius 2 is 1.72 bits per heavy atom. The fourth-order valence-corrected chi connectivity index (χ4v) is 4.80. The molecule has 0 bridgehead atoms. The lowest BCUT2D eigenvalue weighted by Crippen LogP contribution is -2.39. The summed E-state index contributed by atoms with van der Waals surface area (Å²) in [6, 6.07) is 18.7. The minimum absolute atomic E-state index is 0.0894. The highest BCUT2D eigenvalue weighted by Gasteiger charge is 2.31. The van der Waals surface area contributed by atoms with Crippen molar-refractivity contribution in [3.05, 3.63) is 82.3 Å². The Bertz CT molecular complexity index is 1330. The maximum Gasteiger partial charge on any atom is 0.337 e. The summed E-state index contributed by atoms with van der Waals surface area (Å²) < 4.78 is 16.8. The van der Waals surface area contributed by atoms with E-state index >= 15 is 0 Å². The van der Waals surface area contributed by atoms with Crippen molar-refractivity contribution < 1.29 is 28.6 Å². The fourth-order valence-electron chi connectivity index (χ4n) is 4.41. The van der Waals surface area contributed by atoms with E-state index in [1.165, 1.54) is 14.2 Å². The molecule has 1 atom stereocenters. The number of esters is 1. The van der Waals surface area contributed by atoms with Crippen LogP contribution < -0.4 is 20.1 Å². The van der Waals surface area contributed by atoms with Gasteiger partial charge in [-0.25, -0.2) is 9.59 Å². The highest BCUT2D eigenvalue weighted by atomic mass is 79.9. The number of Topliss-reactive ketones (excluding diaryl/α,β-unsaturated/α-hetero) is 1. The Morgan fingerprint density at radius 3 is 2.44 bits per heavy atom. The predicted molar refractivity (Wildman–Crippen MR) is 151 cm³/mol. The molecule has 2 amide bonds. The molecule has 2 N–H and O–H groups in total. The van der Waals surface area contributed by atoms with Crippen LogP contribution in [0, 0.1) is 0 Å². The van der Waals surface area contributed by atoms with Gasteiger partial charge < -0.3 is 24.8 Å². The molecule has 204 valence electrons. The molecule has 0 aliphatic carbocycles. The number of hydrogen-bond donors (Lipinski definition) is 2. The van der Waals surface area contributed by atoms with Gasteiger partial charge in [-0.15, -0.1) is 0 Å². The SMILES string of the molecule is COC(=O)c1ccc(OCN2CCC[C@H]2C(=O)Cc2ccc(NC(=O)Nc3ccccc3Br)c(OC)c2)cc1. The number of nitrogens with zero attached hydrogens (tertiary/aromatic N) is 1. The van der Waals surface area contributed by atoms with Gasteiger partial charge in [0, 0.05) is 17.4 Å². The molecule has 1 saturated heterocycles. The number of urea groups is 1. The van der Waals surface area contributed by atoms with E-state index in [9.17, 15) is 14.4 Å². The maximum absolute atomic E-state index is 13.2. The smallest absolute Gasteiger partial charge is 0.337 e. The van der Waals surface area contributed by atoms with Crippen LogP contribution in [0.25, 0.3) is 0 Å². The number of ether oxygens (including phenoxy) is 3. The monoisotopic (exact) mass is 595 g/mol. The number of likely N-dealkylation sites (tertiary alicyclic amines) is 1. The number of carbonyl (C=O) groups is 3. The van der Waals surface area contributed by atoms with E-state index in [2.05, 4.69) is 26.6 Å². The molecular weight excluding hydrogens is 566 g/mol. The summed E-state index contributed by atoms with van der Waals surface area (Å²) >= 11 is 3.41. The number of rotatable bonds is 10. The second-order valence-corrected chi connectivity index (χ2v) is 9.85. The number of anilines is 2. The van der Waals surface area contributed by atoms with Gasteiger partial charge in [-0.3, -0.25) is 9.69 Å². The zero-order chi connectivity index (χ0) is 27.8. The van der Waals surface area contributed by atoms with E-state index in [4.69, 9.17) is 14.2 Å². The number of methoxy groups -OCH3 is 2. The summed E-state index contributed by atoms with van der Waals surface area (Å²) in [5.41, 5.74) is 2.37. The lowest BCUT2D eigenvalue weighted by atomic mass is 10.0. The third-order valence-corrected chi connectivity index (χ3v) is 7.11. The zero-order valence-corrected chi connectivity index (χ0v) is 23.3. The molecule has 0 saturated carbocycles. The van der Waals surface area contributed by atoms with E-state index in [0.29, 0.717) is 28.4 Å². The average molecular weight is 596 g/mol. The number of ketones is 1. The van der Waals surface area contributed by atoms with Crippen molar-refractivity contribution in [3.8, 4) is 11.5 Å². The van der Waals surface area contributed by atoms with E-state index < -0.39 is 12.0 Å². The molecule has 1 fully saturated rings. The number of amides is 2.